The number of benzene rings is 2. The van der Waals surface area contributed by atoms with Crippen LogP contribution in [-0.4, -0.2) is 33.1 Å². The zero-order valence-corrected chi connectivity index (χ0v) is 18.6. The van der Waals surface area contributed by atoms with E-state index >= 15 is 0 Å². The maximum absolute atomic E-state index is 13.6. The summed E-state index contributed by atoms with van der Waals surface area (Å²) in [5.41, 5.74) is 2.54. The zero-order valence-electron chi connectivity index (χ0n) is 17.8. The van der Waals surface area contributed by atoms with Gasteiger partial charge in [0, 0.05) is 24.7 Å². The lowest BCUT2D eigenvalue weighted by atomic mass is 9.99. The summed E-state index contributed by atoms with van der Waals surface area (Å²) in [6, 6.07) is 12.7. The Morgan fingerprint density at radius 1 is 1.17 bits per heavy atom. The first-order valence-corrected chi connectivity index (χ1v) is 12.0. The minimum absolute atomic E-state index is 0.265. The van der Waals surface area contributed by atoms with Gasteiger partial charge in [-0.25, -0.2) is 8.42 Å². The Hall–Kier alpha value is -2.60. The quantitative estimate of drug-likeness (QED) is 0.576. The molecule has 1 saturated heterocycles. The van der Waals surface area contributed by atoms with Gasteiger partial charge in [0.25, 0.3) is 0 Å². The summed E-state index contributed by atoms with van der Waals surface area (Å²) in [5, 5.41) is 0.822. The van der Waals surface area contributed by atoms with E-state index in [4.69, 9.17) is 4.74 Å². The third kappa shape index (κ3) is 3.88. The van der Waals surface area contributed by atoms with Crippen LogP contribution in [0.4, 0.5) is 5.69 Å². The highest BCUT2D eigenvalue weighted by Crippen LogP contribution is 2.39. The molecule has 0 unspecified atom stereocenters. The average Bonchev–Trinajstić information content (AvgIpc) is 2.73. The number of ether oxygens (including phenoxy) is 1. The summed E-state index contributed by atoms with van der Waals surface area (Å²) in [4.78, 5) is 7.28. The molecule has 1 aliphatic rings. The van der Waals surface area contributed by atoms with Gasteiger partial charge in [0.1, 0.15) is 10.6 Å². The van der Waals surface area contributed by atoms with Gasteiger partial charge in [-0.2, -0.15) is 0 Å². The molecule has 0 N–H and O–H groups in total. The Balaban J connectivity index is 1.96. The molecule has 6 heteroatoms. The number of nitrogens with zero attached hydrogens (tertiary/aromatic N) is 2. The SMILES string of the molecule is CCOc1ccc2ncc(S(=O)(=O)c3ccc(C)cc3)c(N3CCC[C@@H](C)C3)c2c1. The maximum atomic E-state index is 13.6. The molecule has 3 aromatic rings. The third-order valence-electron chi connectivity index (χ3n) is 5.68. The second kappa shape index (κ2) is 8.26. The number of hydrogen-bond acceptors (Lipinski definition) is 5. The predicted octanol–water partition coefficient (Wildman–Crippen LogP) is 5.01. The predicted molar refractivity (Wildman–Crippen MR) is 120 cm³/mol. The maximum Gasteiger partial charge on any atom is 0.210 e. The van der Waals surface area contributed by atoms with Crippen LogP contribution in [0.5, 0.6) is 5.75 Å². The normalized spacial score (nSPS) is 17.3. The number of anilines is 1. The second-order valence-corrected chi connectivity index (χ2v) is 10.0. The van der Waals surface area contributed by atoms with Crippen molar-refractivity contribution in [3.63, 3.8) is 0 Å². The van der Waals surface area contributed by atoms with Gasteiger partial charge in [-0.1, -0.05) is 24.6 Å². The van der Waals surface area contributed by atoms with Crippen LogP contribution < -0.4 is 9.64 Å². The summed E-state index contributed by atoms with van der Waals surface area (Å²) in [6.07, 6.45) is 3.72. The van der Waals surface area contributed by atoms with Crippen LogP contribution in [0.1, 0.15) is 32.3 Å². The molecule has 0 spiro atoms. The molecule has 1 atom stereocenters. The van der Waals surface area contributed by atoms with Crippen LogP contribution >= 0.6 is 0 Å². The van der Waals surface area contributed by atoms with Crippen LogP contribution in [0.3, 0.4) is 0 Å². The molecule has 1 aliphatic heterocycles. The van der Waals surface area contributed by atoms with Crippen LogP contribution in [0, 0.1) is 12.8 Å². The van der Waals surface area contributed by atoms with Crippen LogP contribution in [0.25, 0.3) is 10.9 Å². The lowest BCUT2D eigenvalue weighted by Crippen LogP contribution is -2.35. The fourth-order valence-corrected chi connectivity index (χ4v) is 5.59. The Morgan fingerprint density at radius 2 is 1.93 bits per heavy atom. The number of aryl methyl sites for hydroxylation is 1. The molecule has 0 aliphatic carbocycles. The average molecular weight is 425 g/mol. The third-order valence-corrected chi connectivity index (χ3v) is 7.45. The number of fused-ring (bicyclic) bond motifs is 1. The van der Waals surface area contributed by atoms with E-state index in [1.807, 2.05) is 44.2 Å². The van der Waals surface area contributed by atoms with Crippen molar-refractivity contribution in [2.75, 3.05) is 24.6 Å². The van der Waals surface area contributed by atoms with Crippen LogP contribution in [0.15, 0.2) is 58.5 Å². The molecule has 0 saturated carbocycles. The van der Waals surface area contributed by atoms with Crippen molar-refractivity contribution in [3.8, 4) is 5.75 Å². The highest BCUT2D eigenvalue weighted by atomic mass is 32.2. The molecule has 0 bridgehead atoms. The molecule has 4 rings (SSSR count). The van der Waals surface area contributed by atoms with Gasteiger partial charge in [0.15, 0.2) is 0 Å². The second-order valence-electron chi connectivity index (χ2n) is 8.09. The number of aromatic nitrogens is 1. The number of pyridine rings is 1. The zero-order chi connectivity index (χ0) is 21.3. The molecule has 0 radical (unpaired) electrons. The Morgan fingerprint density at radius 3 is 2.63 bits per heavy atom. The summed E-state index contributed by atoms with van der Waals surface area (Å²) in [6.45, 7) is 8.32. The van der Waals surface area contributed by atoms with Gasteiger partial charge in [-0.15, -0.1) is 0 Å². The van der Waals surface area contributed by atoms with Crippen molar-refractivity contribution < 1.29 is 13.2 Å². The van der Waals surface area contributed by atoms with Gasteiger partial charge in [0.05, 0.1) is 22.7 Å². The fraction of sp³-hybridized carbons (Fsp3) is 0.375. The Bertz CT molecular complexity index is 1160. The molecule has 0 amide bonds. The van der Waals surface area contributed by atoms with Crippen molar-refractivity contribution in [3.05, 3.63) is 54.2 Å². The van der Waals surface area contributed by atoms with Crippen molar-refractivity contribution >= 4 is 26.4 Å². The van der Waals surface area contributed by atoms with Crippen molar-refractivity contribution in [2.45, 2.75) is 43.4 Å². The van der Waals surface area contributed by atoms with Crippen molar-refractivity contribution in [2.24, 2.45) is 5.92 Å². The number of piperidine rings is 1. The summed E-state index contributed by atoms with van der Waals surface area (Å²) < 4.78 is 33.0. The van der Waals surface area contributed by atoms with E-state index in [1.54, 1.807) is 12.1 Å². The van der Waals surface area contributed by atoms with Gasteiger partial charge in [0.2, 0.25) is 9.84 Å². The molecule has 2 aromatic carbocycles. The molecule has 2 heterocycles. The highest BCUT2D eigenvalue weighted by Gasteiger charge is 2.29. The minimum Gasteiger partial charge on any atom is -0.494 e. The van der Waals surface area contributed by atoms with Crippen molar-refractivity contribution in [1.82, 2.24) is 4.98 Å². The van der Waals surface area contributed by atoms with Crippen LogP contribution in [0.2, 0.25) is 0 Å². The van der Waals surface area contributed by atoms with Crippen LogP contribution in [-0.2, 0) is 9.84 Å². The number of sulfone groups is 1. The van der Waals surface area contributed by atoms with Gasteiger partial charge >= 0.3 is 0 Å². The number of rotatable bonds is 5. The van der Waals surface area contributed by atoms with E-state index in [1.165, 1.54) is 6.20 Å². The first kappa shape index (κ1) is 20.7. The molecule has 1 aromatic heterocycles. The molecular formula is C24H28N2O3S. The smallest absolute Gasteiger partial charge is 0.210 e. The monoisotopic (exact) mass is 424 g/mol. The van der Waals surface area contributed by atoms with Gasteiger partial charge < -0.3 is 9.64 Å². The largest absolute Gasteiger partial charge is 0.494 e. The topological polar surface area (TPSA) is 59.5 Å². The minimum atomic E-state index is -3.71. The highest BCUT2D eigenvalue weighted by molar-refractivity contribution is 7.91. The summed E-state index contributed by atoms with van der Waals surface area (Å²) >= 11 is 0. The van der Waals surface area contributed by atoms with E-state index in [2.05, 4.69) is 16.8 Å². The molecule has 30 heavy (non-hydrogen) atoms. The lowest BCUT2D eigenvalue weighted by Gasteiger charge is -2.34. The van der Waals surface area contributed by atoms with E-state index in [9.17, 15) is 8.42 Å². The first-order chi connectivity index (χ1) is 14.4. The lowest BCUT2D eigenvalue weighted by molar-refractivity contribution is 0.340. The van der Waals surface area contributed by atoms with Gasteiger partial charge in [-0.05, 0) is 62.9 Å². The van der Waals surface area contributed by atoms with E-state index < -0.39 is 9.84 Å². The standard InChI is InChI=1S/C24H28N2O3S/c1-4-29-19-9-12-22-21(14-19)24(26-13-5-6-18(3)16-26)23(15-25-22)30(27,28)20-10-7-17(2)8-11-20/h7-12,14-15,18H,4-6,13,16H2,1-3H3/t18-/m1/s1. The Labute approximate surface area is 178 Å². The first-order valence-electron chi connectivity index (χ1n) is 10.5. The molecule has 5 nitrogen and oxygen atoms in total. The van der Waals surface area contributed by atoms with E-state index in [-0.39, 0.29) is 4.90 Å². The molecule has 158 valence electrons. The summed E-state index contributed by atoms with van der Waals surface area (Å²) in [5.74, 6) is 1.23. The van der Waals surface area contributed by atoms with Crippen molar-refractivity contribution in [1.29, 1.82) is 0 Å². The fourth-order valence-electron chi connectivity index (χ4n) is 4.16. The Kier molecular flexibility index (Phi) is 5.69. The van der Waals surface area contributed by atoms with Gasteiger partial charge in [-0.3, -0.25) is 4.98 Å². The molecule has 1 fully saturated rings. The molecular weight excluding hydrogens is 396 g/mol. The van der Waals surface area contributed by atoms with E-state index in [0.29, 0.717) is 17.4 Å². The number of hydrogen-bond donors (Lipinski definition) is 0. The summed E-state index contributed by atoms with van der Waals surface area (Å²) in [7, 11) is -3.71. The van der Waals surface area contributed by atoms with E-state index in [0.717, 1.165) is 53.8 Å².